The van der Waals surface area contributed by atoms with Gasteiger partial charge >= 0.3 is 50.1 Å². The maximum atomic E-state index is 14.6. The molecule has 0 spiro atoms. The molecule has 34 heavy (non-hydrogen) atoms. The van der Waals surface area contributed by atoms with E-state index in [4.69, 9.17) is 0 Å². The fourth-order valence-corrected chi connectivity index (χ4v) is 4.91. The Bertz CT molecular complexity index is 649. The zero-order valence-electron chi connectivity index (χ0n) is 17.4. The maximum absolute atomic E-state index is 14.6. The first kappa shape index (κ1) is 33.0. The number of hydrogen-bond donors (Lipinski definition) is 0. The number of rotatable bonds is 14. The van der Waals surface area contributed by atoms with Crippen LogP contribution < -0.4 is 0 Å². The van der Waals surface area contributed by atoms with Crippen LogP contribution in [-0.4, -0.2) is 70.0 Å². The van der Waals surface area contributed by atoms with E-state index in [0.717, 1.165) is 20.8 Å². The second-order valence-corrected chi connectivity index (χ2v) is 9.15. The molecule has 0 fully saturated rings. The molecular weight excluding hydrogens is 541 g/mol. The molecule has 19 heteroatoms. The van der Waals surface area contributed by atoms with Crippen molar-refractivity contribution < 1.29 is 79.1 Å². The van der Waals surface area contributed by atoms with E-state index in [2.05, 4.69) is 13.3 Å². The normalized spacial score (nSPS) is 15.7. The molecule has 0 aromatic rings. The van der Waals surface area contributed by atoms with E-state index in [1.54, 1.807) is 0 Å². The van der Waals surface area contributed by atoms with Crippen LogP contribution in [0.25, 0.3) is 0 Å². The first-order chi connectivity index (χ1) is 14.9. The highest BCUT2D eigenvalue weighted by Crippen LogP contribution is 2.62. The highest BCUT2D eigenvalue weighted by molar-refractivity contribution is 6.63. The maximum Gasteiger partial charge on any atom is 0.582 e. The van der Waals surface area contributed by atoms with Crippen LogP contribution >= 0.6 is 0 Å². The SMILES string of the molecule is CCO[Si](OCC)(OCC)C(F)(F)C(F)(F)C(F)(F)C(F)(F)C(F)(F)C(F)(F)CCC(F)(F)F. The van der Waals surface area contributed by atoms with Gasteiger partial charge in [0, 0.05) is 32.7 Å². The van der Waals surface area contributed by atoms with Crippen molar-refractivity contribution >= 4 is 8.80 Å². The highest BCUT2D eigenvalue weighted by atomic mass is 28.4. The van der Waals surface area contributed by atoms with Crippen LogP contribution in [0, 0.1) is 0 Å². The molecule has 0 heterocycles. The van der Waals surface area contributed by atoms with Gasteiger partial charge in [-0.05, 0) is 20.8 Å². The zero-order valence-corrected chi connectivity index (χ0v) is 18.4. The Hall–Kier alpha value is -0.953. The molecule has 0 rings (SSSR count). The Morgan fingerprint density at radius 2 is 0.794 bits per heavy atom. The Morgan fingerprint density at radius 1 is 0.471 bits per heavy atom. The molecule has 0 N–H and O–H groups in total. The van der Waals surface area contributed by atoms with Gasteiger partial charge in [-0.2, -0.15) is 65.9 Å². The summed E-state index contributed by atoms with van der Waals surface area (Å²) in [5.41, 5.74) is -6.62. The van der Waals surface area contributed by atoms with E-state index < -0.39 is 82.8 Å². The molecular formula is C15H19F15O3Si. The molecule has 206 valence electrons. The van der Waals surface area contributed by atoms with Crippen molar-refractivity contribution in [1.82, 2.24) is 0 Å². The quantitative estimate of drug-likeness (QED) is 0.174. The molecule has 0 radical (unpaired) electrons. The van der Waals surface area contributed by atoms with E-state index >= 15 is 0 Å². The van der Waals surface area contributed by atoms with Crippen molar-refractivity contribution in [3.05, 3.63) is 0 Å². The summed E-state index contributed by atoms with van der Waals surface area (Å²) in [5.74, 6) is -37.9. The summed E-state index contributed by atoms with van der Waals surface area (Å²) in [7, 11) is -6.47. The average Bonchev–Trinajstić information content (AvgIpc) is 2.65. The van der Waals surface area contributed by atoms with E-state index in [-0.39, 0.29) is 0 Å². The molecule has 0 aliphatic carbocycles. The lowest BCUT2D eigenvalue weighted by Gasteiger charge is -2.44. The largest absolute Gasteiger partial charge is 0.582 e. The van der Waals surface area contributed by atoms with Crippen molar-refractivity contribution in [2.45, 2.75) is 74.9 Å². The predicted octanol–water partition coefficient (Wildman–Crippen LogP) is 6.73. The predicted molar refractivity (Wildman–Crippen MR) is 85.6 cm³/mol. The second kappa shape index (κ2) is 10.2. The zero-order chi connectivity index (χ0) is 27.7. The Morgan fingerprint density at radius 3 is 1.09 bits per heavy atom. The van der Waals surface area contributed by atoms with Crippen LogP contribution in [0.2, 0.25) is 0 Å². The summed E-state index contributed by atoms with van der Waals surface area (Å²) in [5, 5.41) is 0. The molecule has 0 bridgehead atoms. The molecule has 0 saturated carbocycles. The molecule has 0 unspecified atom stereocenters. The van der Waals surface area contributed by atoms with Crippen molar-refractivity contribution in [1.29, 1.82) is 0 Å². The van der Waals surface area contributed by atoms with Gasteiger partial charge in [-0.25, -0.2) is 0 Å². The highest BCUT2D eigenvalue weighted by Gasteiger charge is 2.94. The Labute approximate surface area is 183 Å². The summed E-state index contributed by atoms with van der Waals surface area (Å²) < 4.78 is 217. The Kier molecular flexibility index (Phi) is 9.91. The monoisotopic (exact) mass is 560 g/mol. The van der Waals surface area contributed by atoms with E-state index in [1.165, 1.54) is 0 Å². The van der Waals surface area contributed by atoms with Crippen molar-refractivity contribution in [3.63, 3.8) is 0 Å². The second-order valence-electron chi connectivity index (χ2n) is 6.55. The van der Waals surface area contributed by atoms with Crippen LogP contribution in [0.4, 0.5) is 65.9 Å². The Balaban J connectivity index is 6.72. The molecule has 0 aromatic carbocycles. The minimum Gasteiger partial charge on any atom is -0.370 e. The van der Waals surface area contributed by atoms with Gasteiger partial charge in [-0.15, -0.1) is 0 Å². The standard InChI is InChI=1S/C15H19F15O3Si/c1-4-31-34(32-5-2,33-6-3)15(29,30)14(27,28)13(25,26)12(23,24)11(21,22)9(16,17)7-8-10(18,19)20/h4-8H2,1-3H3. The van der Waals surface area contributed by atoms with Crippen molar-refractivity contribution in [3.8, 4) is 0 Å². The van der Waals surface area contributed by atoms with Gasteiger partial charge in [-0.1, -0.05) is 0 Å². The first-order valence-corrected chi connectivity index (χ1v) is 10.9. The van der Waals surface area contributed by atoms with E-state index in [1.807, 2.05) is 0 Å². The van der Waals surface area contributed by atoms with Crippen molar-refractivity contribution in [2.24, 2.45) is 0 Å². The van der Waals surface area contributed by atoms with E-state index in [9.17, 15) is 65.9 Å². The summed E-state index contributed by atoms with van der Waals surface area (Å²) in [6.45, 7) is -0.578. The lowest BCUT2D eigenvalue weighted by atomic mass is 9.92. The topological polar surface area (TPSA) is 27.7 Å². The lowest BCUT2D eigenvalue weighted by molar-refractivity contribution is -0.421. The molecule has 0 amide bonds. The van der Waals surface area contributed by atoms with Gasteiger partial charge in [0.1, 0.15) is 0 Å². The van der Waals surface area contributed by atoms with Crippen LogP contribution in [0.15, 0.2) is 0 Å². The van der Waals surface area contributed by atoms with Gasteiger partial charge in [0.2, 0.25) is 0 Å². The average molecular weight is 560 g/mol. The summed E-state index contributed by atoms with van der Waals surface area (Å²) >= 11 is 0. The lowest BCUT2D eigenvalue weighted by Crippen LogP contribution is -2.77. The summed E-state index contributed by atoms with van der Waals surface area (Å²) in [4.78, 5) is 0. The van der Waals surface area contributed by atoms with Gasteiger partial charge in [0.15, 0.2) is 0 Å². The van der Waals surface area contributed by atoms with Crippen LogP contribution in [0.3, 0.4) is 0 Å². The number of halogens is 15. The van der Waals surface area contributed by atoms with Crippen LogP contribution in [0.5, 0.6) is 0 Å². The minimum atomic E-state index is -8.01. The van der Waals surface area contributed by atoms with Crippen LogP contribution in [-0.2, 0) is 13.3 Å². The molecule has 0 aromatic heterocycles. The summed E-state index contributed by atoms with van der Waals surface area (Å²) in [6, 6.07) is 0. The third-order valence-electron chi connectivity index (χ3n) is 4.15. The molecule has 0 aliphatic rings. The minimum absolute atomic E-state index is 0.829. The van der Waals surface area contributed by atoms with Gasteiger partial charge in [-0.3, -0.25) is 0 Å². The number of alkyl halides is 15. The van der Waals surface area contributed by atoms with Gasteiger partial charge in [0.25, 0.3) is 0 Å². The molecule has 0 aliphatic heterocycles. The third-order valence-corrected chi connectivity index (χ3v) is 7.24. The molecule has 3 nitrogen and oxygen atoms in total. The molecule has 0 saturated heterocycles. The fourth-order valence-electron chi connectivity index (χ4n) is 2.44. The van der Waals surface area contributed by atoms with Gasteiger partial charge < -0.3 is 13.3 Å². The smallest absolute Gasteiger partial charge is 0.370 e. The third kappa shape index (κ3) is 5.40. The van der Waals surface area contributed by atoms with Crippen LogP contribution in [0.1, 0.15) is 33.6 Å². The molecule has 0 atom stereocenters. The van der Waals surface area contributed by atoms with Gasteiger partial charge in [0.05, 0.1) is 0 Å². The van der Waals surface area contributed by atoms with E-state index in [0.29, 0.717) is 0 Å². The number of hydrogen-bond acceptors (Lipinski definition) is 3. The first-order valence-electron chi connectivity index (χ1n) is 9.14. The summed E-state index contributed by atoms with van der Waals surface area (Å²) in [6.07, 6.45) is -11.8. The fraction of sp³-hybridized carbons (Fsp3) is 1.00. The van der Waals surface area contributed by atoms with Crippen molar-refractivity contribution in [2.75, 3.05) is 19.8 Å².